The van der Waals surface area contributed by atoms with Crippen molar-refractivity contribution in [2.45, 2.75) is 24.1 Å². The van der Waals surface area contributed by atoms with Crippen LogP contribution >= 0.6 is 23.1 Å². The highest BCUT2D eigenvalue weighted by Crippen LogP contribution is 2.31. The first-order valence-corrected chi connectivity index (χ1v) is 7.97. The summed E-state index contributed by atoms with van der Waals surface area (Å²) < 4.78 is 2.13. The van der Waals surface area contributed by atoms with Gasteiger partial charge in [0.2, 0.25) is 5.91 Å². The predicted octanol–water partition coefficient (Wildman–Crippen LogP) is 4.31. The zero-order valence-corrected chi connectivity index (χ0v) is 12.4. The molecule has 0 aliphatic heterocycles. The summed E-state index contributed by atoms with van der Waals surface area (Å²) in [7, 11) is 0. The van der Waals surface area contributed by atoms with E-state index in [-0.39, 0.29) is 5.91 Å². The summed E-state index contributed by atoms with van der Waals surface area (Å²) in [5.41, 5.74) is 1.82. The molecule has 1 aromatic carbocycles. The third-order valence-electron chi connectivity index (χ3n) is 2.45. The monoisotopic (exact) mass is 292 g/mol. The molecule has 0 aliphatic rings. The smallest absolute Gasteiger partial charge is 0.224 e. The number of amides is 1. The molecule has 1 amide bonds. The zero-order chi connectivity index (χ0) is 13.7. The van der Waals surface area contributed by atoms with Crippen LogP contribution in [-0.4, -0.2) is 16.6 Å². The molecule has 2 aromatic rings. The van der Waals surface area contributed by atoms with Crippen molar-refractivity contribution in [3.8, 4) is 0 Å². The Labute approximate surface area is 121 Å². The highest BCUT2D eigenvalue weighted by molar-refractivity contribution is 8.01. The molecule has 1 aromatic heterocycles. The highest BCUT2D eigenvalue weighted by atomic mass is 32.2. The maximum absolute atomic E-state index is 11.6. The highest BCUT2D eigenvalue weighted by Gasteiger charge is 2.06. The Bertz CT molecular complexity index is 592. The van der Waals surface area contributed by atoms with Gasteiger partial charge in [-0.05, 0) is 24.6 Å². The van der Waals surface area contributed by atoms with Crippen LogP contribution in [0.1, 0.15) is 19.8 Å². The number of anilines is 1. The van der Waals surface area contributed by atoms with E-state index in [0.29, 0.717) is 6.42 Å². The van der Waals surface area contributed by atoms with Crippen LogP contribution in [0.15, 0.2) is 35.2 Å². The minimum Gasteiger partial charge on any atom is -0.326 e. The molecular formula is C14H16N2OS2. The van der Waals surface area contributed by atoms with Crippen LogP contribution in [0.3, 0.4) is 0 Å². The molecule has 0 spiro atoms. The third-order valence-corrected chi connectivity index (χ3v) is 4.61. The van der Waals surface area contributed by atoms with Crippen molar-refractivity contribution in [1.29, 1.82) is 0 Å². The standard InChI is InChI=1S/C14H16N2OS2/c1-3-5-13(17)15-10-6-7-11-12(9-10)19-14(16-11)18-8-4-2/h4,6-7,9H,2-3,5,8H2,1H3,(H,15,17). The Hall–Kier alpha value is -1.33. The van der Waals surface area contributed by atoms with Gasteiger partial charge in [-0.1, -0.05) is 24.8 Å². The van der Waals surface area contributed by atoms with Gasteiger partial charge in [-0.3, -0.25) is 4.79 Å². The number of aromatic nitrogens is 1. The summed E-state index contributed by atoms with van der Waals surface area (Å²) in [6, 6.07) is 5.83. The van der Waals surface area contributed by atoms with Crippen LogP contribution in [0.25, 0.3) is 10.2 Å². The molecule has 19 heavy (non-hydrogen) atoms. The Morgan fingerprint density at radius 1 is 1.58 bits per heavy atom. The van der Waals surface area contributed by atoms with Gasteiger partial charge in [0.1, 0.15) is 0 Å². The molecule has 0 radical (unpaired) electrons. The second-order valence-electron chi connectivity index (χ2n) is 4.06. The summed E-state index contributed by atoms with van der Waals surface area (Å²) in [5.74, 6) is 0.924. The van der Waals surface area contributed by atoms with Gasteiger partial charge in [-0.2, -0.15) is 0 Å². The number of carbonyl (C=O) groups excluding carboxylic acids is 1. The number of hydrogen-bond donors (Lipinski definition) is 1. The number of nitrogens with one attached hydrogen (secondary N) is 1. The Kier molecular flexibility index (Phi) is 4.99. The molecule has 0 saturated heterocycles. The maximum Gasteiger partial charge on any atom is 0.224 e. The van der Waals surface area contributed by atoms with Crippen molar-refractivity contribution in [3.05, 3.63) is 30.9 Å². The zero-order valence-electron chi connectivity index (χ0n) is 10.8. The number of hydrogen-bond acceptors (Lipinski definition) is 4. The average Bonchev–Trinajstić information content (AvgIpc) is 2.78. The molecule has 100 valence electrons. The van der Waals surface area contributed by atoms with Crippen LogP contribution in [0.2, 0.25) is 0 Å². The van der Waals surface area contributed by atoms with E-state index in [0.717, 1.165) is 32.4 Å². The van der Waals surface area contributed by atoms with Crippen LogP contribution in [0.5, 0.6) is 0 Å². The van der Waals surface area contributed by atoms with Gasteiger partial charge in [0, 0.05) is 17.9 Å². The fourth-order valence-corrected chi connectivity index (χ4v) is 3.49. The number of fused-ring (bicyclic) bond motifs is 1. The summed E-state index contributed by atoms with van der Waals surface area (Å²) in [6.45, 7) is 5.70. The first-order chi connectivity index (χ1) is 9.22. The minimum absolute atomic E-state index is 0.0626. The Morgan fingerprint density at radius 3 is 3.16 bits per heavy atom. The third kappa shape index (κ3) is 3.81. The quantitative estimate of drug-likeness (QED) is 0.637. The number of thiazole rings is 1. The van der Waals surface area contributed by atoms with E-state index in [9.17, 15) is 4.79 Å². The largest absolute Gasteiger partial charge is 0.326 e. The van der Waals surface area contributed by atoms with Crippen LogP contribution in [0, 0.1) is 0 Å². The number of rotatable bonds is 6. The van der Waals surface area contributed by atoms with Gasteiger partial charge in [0.05, 0.1) is 10.2 Å². The molecule has 0 aliphatic carbocycles. The lowest BCUT2D eigenvalue weighted by Crippen LogP contribution is -2.10. The Morgan fingerprint density at radius 2 is 2.42 bits per heavy atom. The normalized spacial score (nSPS) is 10.6. The van der Waals surface area contributed by atoms with Gasteiger partial charge in [0.15, 0.2) is 4.34 Å². The number of carbonyl (C=O) groups is 1. The lowest BCUT2D eigenvalue weighted by molar-refractivity contribution is -0.116. The molecule has 1 N–H and O–H groups in total. The topological polar surface area (TPSA) is 42.0 Å². The van der Waals surface area contributed by atoms with Crippen LogP contribution in [-0.2, 0) is 4.79 Å². The van der Waals surface area contributed by atoms with E-state index in [1.807, 2.05) is 31.2 Å². The van der Waals surface area contributed by atoms with E-state index in [1.54, 1.807) is 23.1 Å². The van der Waals surface area contributed by atoms with E-state index in [4.69, 9.17) is 0 Å². The maximum atomic E-state index is 11.6. The fourth-order valence-electron chi connectivity index (χ4n) is 1.62. The van der Waals surface area contributed by atoms with E-state index in [2.05, 4.69) is 16.9 Å². The predicted molar refractivity (Wildman–Crippen MR) is 84.1 cm³/mol. The summed E-state index contributed by atoms with van der Waals surface area (Å²) in [6.07, 6.45) is 3.28. The van der Waals surface area contributed by atoms with Gasteiger partial charge in [-0.15, -0.1) is 17.9 Å². The van der Waals surface area contributed by atoms with Crippen molar-refractivity contribution >= 4 is 44.9 Å². The van der Waals surface area contributed by atoms with Crippen molar-refractivity contribution in [2.75, 3.05) is 11.1 Å². The van der Waals surface area contributed by atoms with Crippen molar-refractivity contribution in [2.24, 2.45) is 0 Å². The van der Waals surface area contributed by atoms with Crippen LogP contribution in [0.4, 0.5) is 5.69 Å². The average molecular weight is 292 g/mol. The number of nitrogens with zero attached hydrogens (tertiary/aromatic N) is 1. The summed E-state index contributed by atoms with van der Waals surface area (Å²) in [5, 5.41) is 2.90. The lowest BCUT2D eigenvalue weighted by Gasteiger charge is -2.03. The number of thioether (sulfide) groups is 1. The molecule has 0 fully saturated rings. The first-order valence-electron chi connectivity index (χ1n) is 6.17. The second-order valence-corrected chi connectivity index (χ2v) is 6.36. The van der Waals surface area contributed by atoms with Gasteiger partial charge in [0.25, 0.3) is 0 Å². The number of benzene rings is 1. The van der Waals surface area contributed by atoms with Gasteiger partial charge in [-0.25, -0.2) is 4.98 Å². The fraction of sp³-hybridized carbons (Fsp3) is 0.286. The van der Waals surface area contributed by atoms with Crippen LogP contribution < -0.4 is 5.32 Å². The van der Waals surface area contributed by atoms with Gasteiger partial charge >= 0.3 is 0 Å². The first kappa shape index (κ1) is 14.1. The lowest BCUT2D eigenvalue weighted by atomic mass is 10.2. The molecule has 5 heteroatoms. The molecule has 1 heterocycles. The SMILES string of the molecule is C=CCSc1nc2ccc(NC(=O)CCC)cc2s1. The van der Waals surface area contributed by atoms with E-state index >= 15 is 0 Å². The summed E-state index contributed by atoms with van der Waals surface area (Å²) in [4.78, 5) is 16.1. The molecule has 0 unspecified atom stereocenters. The van der Waals surface area contributed by atoms with E-state index < -0.39 is 0 Å². The molecule has 0 saturated carbocycles. The molecule has 0 atom stereocenters. The molecule has 3 nitrogen and oxygen atoms in total. The van der Waals surface area contributed by atoms with Crippen molar-refractivity contribution in [1.82, 2.24) is 4.98 Å². The Balaban J connectivity index is 2.15. The minimum atomic E-state index is 0.0626. The molecule has 0 bridgehead atoms. The van der Waals surface area contributed by atoms with E-state index in [1.165, 1.54) is 0 Å². The van der Waals surface area contributed by atoms with Crippen molar-refractivity contribution < 1.29 is 4.79 Å². The van der Waals surface area contributed by atoms with Crippen molar-refractivity contribution in [3.63, 3.8) is 0 Å². The molecular weight excluding hydrogens is 276 g/mol. The van der Waals surface area contributed by atoms with Gasteiger partial charge < -0.3 is 5.32 Å². The second kappa shape index (κ2) is 6.73. The molecule has 2 rings (SSSR count). The summed E-state index contributed by atoms with van der Waals surface area (Å²) >= 11 is 3.32.